The number of nitrogens with zero attached hydrogens (tertiary/aromatic N) is 1. The average molecular weight is 467 g/mol. The van der Waals surface area contributed by atoms with E-state index in [1.807, 2.05) is 56.3 Å². The number of hydrogen-bond acceptors (Lipinski definition) is 6. The Balaban J connectivity index is 1.49. The lowest BCUT2D eigenvalue weighted by Gasteiger charge is -2.42. The summed E-state index contributed by atoms with van der Waals surface area (Å²) in [5.41, 5.74) is 3.65. The largest absolute Gasteiger partial charge is 0.507 e. The SMILES string of the molecule is CCOC(=O)C(c1ccccc1)N1CCC(C2Cc3c(ccc(C)c3O)C(CNC=O)O2)CC1. The minimum Gasteiger partial charge on any atom is -0.507 e. The zero-order valence-corrected chi connectivity index (χ0v) is 19.9. The van der Waals surface area contributed by atoms with Crippen molar-refractivity contribution in [2.45, 2.75) is 51.4 Å². The fraction of sp³-hybridized carbons (Fsp3) is 0.481. The number of carbonyl (C=O) groups is 2. The van der Waals surface area contributed by atoms with Crippen molar-refractivity contribution in [1.29, 1.82) is 0 Å². The van der Waals surface area contributed by atoms with Gasteiger partial charge in [-0.2, -0.15) is 0 Å². The summed E-state index contributed by atoms with van der Waals surface area (Å²) in [5, 5.41) is 13.5. The highest BCUT2D eigenvalue weighted by molar-refractivity contribution is 5.77. The third kappa shape index (κ3) is 5.10. The number of benzene rings is 2. The van der Waals surface area contributed by atoms with Crippen LogP contribution in [0, 0.1) is 12.8 Å². The quantitative estimate of drug-likeness (QED) is 0.458. The van der Waals surface area contributed by atoms with Gasteiger partial charge in [0.15, 0.2) is 0 Å². The first-order valence-corrected chi connectivity index (χ1v) is 12.1. The molecular formula is C27H34N2O5. The van der Waals surface area contributed by atoms with Crippen LogP contribution in [0.4, 0.5) is 0 Å². The van der Waals surface area contributed by atoms with Crippen LogP contribution in [-0.2, 0) is 25.5 Å². The molecule has 182 valence electrons. The molecule has 0 bridgehead atoms. The summed E-state index contributed by atoms with van der Waals surface area (Å²) in [5.74, 6) is 0.405. The van der Waals surface area contributed by atoms with Crippen LogP contribution in [0.3, 0.4) is 0 Å². The van der Waals surface area contributed by atoms with E-state index in [1.165, 1.54) is 0 Å². The Kier molecular flexibility index (Phi) is 7.85. The van der Waals surface area contributed by atoms with E-state index < -0.39 is 6.04 Å². The van der Waals surface area contributed by atoms with Gasteiger partial charge in [-0.3, -0.25) is 9.69 Å². The third-order valence-electron chi connectivity index (χ3n) is 7.09. The van der Waals surface area contributed by atoms with Crippen LogP contribution in [0.15, 0.2) is 42.5 Å². The predicted molar refractivity (Wildman–Crippen MR) is 128 cm³/mol. The fourth-order valence-electron chi connectivity index (χ4n) is 5.31. The summed E-state index contributed by atoms with van der Waals surface area (Å²) in [6.07, 6.45) is 2.73. The molecule has 3 atom stereocenters. The van der Waals surface area contributed by atoms with Gasteiger partial charge in [0.25, 0.3) is 0 Å². The fourth-order valence-corrected chi connectivity index (χ4v) is 5.31. The number of phenolic OH excluding ortho intramolecular Hbond substituents is 1. The van der Waals surface area contributed by atoms with E-state index >= 15 is 0 Å². The Hall–Kier alpha value is -2.90. The number of piperidine rings is 1. The lowest BCUT2D eigenvalue weighted by Crippen LogP contribution is -2.45. The van der Waals surface area contributed by atoms with Crippen LogP contribution in [0.25, 0.3) is 0 Å². The van der Waals surface area contributed by atoms with Crippen LogP contribution < -0.4 is 5.32 Å². The first-order valence-electron chi connectivity index (χ1n) is 12.1. The number of ether oxygens (including phenoxy) is 2. The highest BCUT2D eigenvalue weighted by Crippen LogP contribution is 2.41. The van der Waals surface area contributed by atoms with E-state index in [2.05, 4.69) is 10.2 Å². The molecular weight excluding hydrogens is 432 g/mol. The lowest BCUT2D eigenvalue weighted by molar-refractivity contribution is -0.151. The van der Waals surface area contributed by atoms with E-state index in [0.29, 0.717) is 37.6 Å². The summed E-state index contributed by atoms with van der Waals surface area (Å²) in [6, 6.07) is 13.3. The molecule has 1 saturated heterocycles. The van der Waals surface area contributed by atoms with E-state index in [1.54, 1.807) is 0 Å². The van der Waals surface area contributed by atoms with Crippen LogP contribution in [0.5, 0.6) is 5.75 Å². The molecule has 0 spiro atoms. The normalized spacial score (nSPS) is 21.9. The number of aryl methyl sites for hydroxylation is 1. The molecule has 4 rings (SSSR count). The number of fused-ring (bicyclic) bond motifs is 1. The third-order valence-corrected chi connectivity index (χ3v) is 7.09. The maximum Gasteiger partial charge on any atom is 0.327 e. The van der Waals surface area contributed by atoms with Crippen molar-refractivity contribution in [3.05, 3.63) is 64.7 Å². The number of esters is 1. The standard InChI is InChI=1S/C27H34N2O5/c1-3-33-27(32)25(20-7-5-4-6-8-20)29-13-11-19(12-14-29)23-15-22-21(10-9-18(2)26(22)31)24(34-23)16-28-17-30/h4-10,17,19,23-25,31H,3,11-16H2,1-2H3,(H,28,30). The molecule has 7 nitrogen and oxygen atoms in total. The second-order valence-corrected chi connectivity index (χ2v) is 9.13. The number of hydrogen-bond donors (Lipinski definition) is 2. The number of carbonyl (C=O) groups excluding carboxylic acids is 2. The molecule has 7 heteroatoms. The van der Waals surface area contributed by atoms with E-state index in [9.17, 15) is 14.7 Å². The maximum atomic E-state index is 12.8. The summed E-state index contributed by atoms with van der Waals surface area (Å²) < 4.78 is 11.9. The second kappa shape index (κ2) is 11.0. The van der Waals surface area contributed by atoms with Gasteiger partial charge in [0.1, 0.15) is 17.9 Å². The molecule has 3 unspecified atom stereocenters. The van der Waals surface area contributed by atoms with E-state index in [4.69, 9.17) is 9.47 Å². The number of nitrogens with one attached hydrogen (secondary N) is 1. The first-order chi connectivity index (χ1) is 16.5. The molecule has 2 aromatic rings. The Labute approximate surface area is 201 Å². The van der Waals surface area contributed by atoms with Gasteiger partial charge in [0, 0.05) is 18.5 Å². The number of likely N-dealkylation sites (tertiary alicyclic amines) is 1. The van der Waals surface area contributed by atoms with Gasteiger partial charge < -0.3 is 19.9 Å². The highest BCUT2D eigenvalue weighted by atomic mass is 16.5. The van der Waals surface area contributed by atoms with Crippen LogP contribution in [0.2, 0.25) is 0 Å². The van der Waals surface area contributed by atoms with Gasteiger partial charge in [-0.1, -0.05) is 42.5 Å². The average Bonchev–Trinajstić information content (AvgIpc) is 2.86. The Morgan fingerprint density at radius 1 is 1.24 bits per heavy atom. The summed E-state index contributed by atoms with van der Waals surface area (Å²) >= 11 is 0. The molecule has 1 fully saturated rings. The molecule has 2 aromatic carbocycles. The van der Waals surface area contributed by atoms with Crippen molar-refractivity contribution < 1.29 is 24.2 Å². The predicted octanol–water partition coefficient (Wildman–Crippen LogP) is 3.45. The van der Waals surface area contributed by atoms with E-state index in [-0.39, 0.29) is 18.2 Å². The van der Waals surface area contributed by atoms with Gasteiger partial charge >= 0.3 is 5.97 Å². The molecule has 2 aliphatic heterocycles. The molecule has 1 amide bonds. The van der Waals surface area contributed by atoms with Crippen LogP contribution >= 0.6 is 0 Å². The molecule has 2 heterocycles. The highest BCUT2D eigenvalue weighted by Gasteiger charge is 2.38. The van der Waals surface area contributed by atoms with Gasteiger partial charge in [-0.05, 0) is 62.4 Å². The molecule has 34 heavy (non-hydrogen) atoms. The van der Waals surface area contributed by atoms with Crippen LogP contribution in [-0.4, -0.2) is 54.7 Å². The van der Waals surface area contributed by atoms with Crippen molar-refractivity contribution in [3.8, 4) is 5.75 Å². The van der Waals surface area contributed by atoms with Gasteiger partial charge in [0.2, 0.25) is 6.41 Å². The minimum absolute atomic E-state index is 0.0569. The van der Waals surface area contributed by atoms with Crippen molar-refractivity contribution in [1.82, 2.24) is 10.2 Å². The molecule has 0 aliphatic carbocycles. The van der Waals surface area contributed by atoms with Crippen molar-refractivity contribution in [2.24, 2.45) is 5.92 Å². The first kappa shape index (κ1) is 24.2. The minimum atomic E-state index is -0.411. The zero-order valence-electron chi connectivity index (χ0n) is 19.9. The Morgan fingerprint density at radius 2 is 1.97 bits per heavy atom. The number of aromatic hydroxyl groups is 1. The zero-order chi connectivity index (χ0) is 24.1. The Morgan fingerprint density at radius 3 is 2.65 bits per heavy atom. The molecule has 0 saturated carbocycles. The second-order valence-electron chi connectivity index (χ2n) is 9.13. The van der Waals surface area contributed by atoms with Crippen molar-refractivity contribution in [3.63, 3.8) is 0 Å². The number of amides is 1. The number of rotatable bonds is 8. The molecule has 0 radical (unpaired) electrons. The number of phenols is 1. The Bertz CT molecular complexity index is 988. The van der Waals surface area contributed by atoms with Crippen molar-refractivity contribution >= 4 is 12.4 Å². The van der Waals surface area contributed by atoms with E-state index in [0.717, 1.165) is 48.2 Å². The summed E-state index contributed by atoms with van der Waals surface area (Å²) in [6.45, 7) is 5.97. The molecule has 2 aliphatic rings. The topological polar surface area (TPSA) is 88.1 Å². The van der Waals surface area contributed by atoms with Gasteiger partial charge in [-0.25, -0.2) is 4.79 Å². The summed E-state index contributed by atoms with van der Waals surface area (Å²) in [4.78, 5) is 25.9. The lowest BCUT2D eigenvalue weighted by atomic mass is 9.82. The molecule has 0 aromatic heterocycles. The molecule has 2 N–H and O–H groups in total. The van der Waals surface area contributed by atoms with Gasteiger partial charge in [0.05, 0.1) is 12.7 Å². The van der Waals surface area contributed by atoms with Gasteiger partial charge in [-0.15, -0.1) is 0 Å². The van der Waals surface area contributed by atoms with Crippen molar-refractivity contribution in [2.75, 3.05) is 26.2 Å². The summed E-state index contributed by atoms with van der Waals surface area (Å²) in [7, 11) is 0. The smallest absolute Gasteiger partial charge is 0.327 e. The maximum absolute atomic E-state index is 12.8. The monoisotopic (exact) mass is 466 g/mol. The van der Waals surface area contributed by atoms with Crippen LogP contribution in [0.1, 0.15) is 54.2 Å².